The highest BCUT2D eigenvalue weighted by Gasteiger charge is 2.25. The second kappa shape index (κ2) is 8.38. The number of nitrogens with one attached hydrogen (secondary N) is 3. The molecule has 1 aromatic heterocycles. The maximum atomic E-state index is 12.1. The number of carbonyl (C=O) groups is 1. The molecule has 0 atom stereocenters. The van der Waals surface area contributed by atoms with Crippen LogP contribution in [-0.2, 0) is 0 Å². The maximum Gasteiger partial charge on any atom is 0.356 e. The molecule has 142 valence electrons. The molecule has 2 heterocycles. The Hall–Kier alpha value is -3.31. The van der Waals surface area contributed by atoms with Gasteiger partial charge in [0.05, 0.1) is 4.92 Å². The number of piperazine rings is 1. The molecule has 11 nitrogen and oxygen atoms in total. The second-order valence-corrected chi connectivity index (χ2v) is 6.02. The van der Waals surface area contributed by atoms with Crippen molar-refractivity contribution in [1.29, 1.82) is 0 Å². The lowest BCUT2D eigenvalue weighted by Gasteiger charge is -2.32. The first kappa shape index (κ1) is 18.5. The average Bonchev–Trinajstić information content (AvgIpc) is 2.68. The van der Waals surface area contributed by atoms with E-state index in [0.717, 1.165) is 13.1 Å². The zero-order chi connectivity index (χ0) is 19.2. The van der Waals surface area contributed by atoms with Crippen molar-refractivity contribution in [2.75, 3.05) is 44.1 Å². The van der Waals surface area contributed by atoms with Gasteiger partial charge in [-0.1, -0.05) is 18.2 Å². The van der Waals surface area contributed by atoms with E-state index in [4.69, 9.17) is 0 Å². The number of nitro groups is 1. The highest BCUT2D eigenvalue weighted by molar-refractivity contribution is 5.95. The molecule has 1 saturated heterocycles. The summed E-state index contributed by atoms with van der Waals surface area (Å²) in [5.74, 6) is -0.469. The van der Waals surface area contributed by atoms with Gasteiger partial charge in [-0.25, -0.2) is 15.0 Å². The van der Waals surface area contributed by atoms with E-state index in [1.807, 2.05) is 12.1 Å². The van der Waals surface area contributed by atoms with Crippen molar-refractivity contribution in [2.24, 2.45) is 0 Å². The molecule has 1 aliphatic rings. The third-order valence-corrected chi connectivity index (χ3v) is 4.10. The maximum absolute atomic E-state index is 12.1. The first-order chi connectivity index (χ1) is 13.0. The Kier molecular flexibility index (Phi) is 5.74. The Bertz CT molecular complexity index is 809. The van der Waals surface area contributed by atoms with Gasteiger partial charge in [-0.05, 0) is 19.2 Å². The fourth-order valence-electron chi connectivity index (χ4n) is 2.57. The molecule has 0 spiro atoms. The summed E-state index contributed by atoms with van der Waals surface area (Å²) in [4.78, 5) is 33.1. The van der Waals surface area contributed by atoms with Crippen LogP contribution in [0.25, 0.3) is 0 Å². The number of carbonyl (C=O) groups excluding carboxylic acids is 1. The zero-order valence-electron chi connectivity index (χ0n) is 14.8. The van der Waals surface area contributed by atoms with Gasteiger partial charge in [0.25, 0.3) is 5.91 Å². The molecule has 11 heteroatoms. The number of hydrazine groups is 2. The predicted octanol–water partition coefficient (Wildman–Crippen LogP) is 0.716. The molecule has 1 amide bonds. The second-order valence-electron chi connectivity index (χ2n) is 6.02. The average molecular weight is 372 g/mol. The minimum absolute atomic E-state index is 0.0658. The molecule has 1 aromatic carbocycles. The Morgan fingerprint density at radius 1 is 1.11 bits per heavy atom. The Balaban J connectivity index is 1.73. The van der Waals surface area contributed by atoms with Crippen LogP contribution in [0.4, 0.5) is 17.3 Å². The first-order valence-electron chi connectivity index (χ1n) is 8.35. The molecule has 0 aliphatic carbocycles. The number of anilines is 2. The van der Waals surface area contributed by atoms with Crippen molar-refractivity contribution < 1.29 is 9.72 Å². The quantitative estimate of drug-likeness (QED) is 0.496. The van der Waals surface area contributed by atoms with Crippen molar-refractivity contribution in [3.8, 4) is 0 Å². The Labute approximate surface area is 155 Å². The summed E-state index contributed by atoms with van der Waals surface area (Å²) in [6.45, 7) is 3.07. The van der Waals surface area contributed by atoms with Crippen molar-refractivity contribution in [3.63, 3.8) is 0 Å². The summed E-state index contributed by atoms with van der Waals surface area (Å²) < 4.78 is 0. The summed E-state index contributed by atoms with van der Waals surface area (Å²) in [5, 5.41) is 13.4. The summed E-state index contributed by atoms with van der Waals surface area (Å²) >= 11 is 0. The number of likely N-dealkylation sites (N-methyl/N-ethyl adjacent to an activating group) is 1. The monoisotopic (exact) mass is 372 g/mol. The van der Waals surface area contributed by atoms with Gasteiger partial charge in [-0.2, -0.15) is 0 Å². The summed E-state index contributed by atoms with van der Waals surface area (Å²) in [5.41, 5.74) is 7.98. The summed E-state index contributed by atoms with van der Waals surface area (Å²) in [7, 11) is 2.02. The molecule has 0 radical (unpaired) electrons. The van der Waals surface area contributed by atoms with Gasteiger partial charge >= 0.3 is 5.69 Å². The van der Waals surface area contributed by atoms with Gasteiger partial charge in [0.2, 0.25) is 11.6 Å². The van der Waals surface area contributed by atoms with E-state index in [0.29, 0.717) is 18.7 Å². The SMILES string of the molecule is CN1CCN(Nc2ncnc(NNC(=O)c3ccccc3)c2[N+](=O)[O-])CC1. The number of hydrogen-bond donors (Lipinski definition) is 3. The van der Waals surface area contributed by atoms with Crippen molar-refractivity contribution in [2.45, 2.75) is 0 Å². The highest BCUT2D eigenvalue weighted by Crippen LogP contribution is 2.28. The lowest BCUT2D eigenvalue weighted by molar-refractivity contribution is -0.383. The normalized spacial score (nSPS) is 15.1. The zero-order valence-corrected chi connectivity index (χ0v) is 14.8. The largest absolute Gasteiger partial charge is 0.356 e. The summed E-state index contributed by atoms with van der Waals surface area (Å²) in [6.07, 6.45) is 1.20. The molecule has 1 fully saturated rings. The van der Waals surface area contributed by atoms with E-state index in [2.05, 4.69) is 31.1 Å². The van der Waals surface area contributed by atoms with Gasteiger partial charge in [0.15, 0.2) is 0 Å². The molecule has 3 N–H and O–H groups in total. The Morgan fingerprint density at radius 2 is 1.78 bits per heavy atom. The van der Waals surface area contributed by atoms with Crippen LogP contribution in [0.5, 0.6) is 0 Å². The predicted molar refractivity (Wildman–Crippen MR) is 98.9 cm³/mol. The third-order valence-electron chi connectivity index (χ3n) is 4.10. The third kappa shape index (κ3) is 4.65. The molecule has 0 saturated carbocycles. The van der Waals surface area contributed by atoms with Crippen LogP contribution in [-0.4, -0.2) is 63.9 Å². The van der Waals surface area contributed by atoms with Crippen LogP contribution in [0.1, 0.15) is 10.4 Å². The van der Waals surface area contributed by atoms with Gasteiger partial charge < -0.3 is 4.90 Å². The molecule has 3 rings (SSSR count). The molecule has 27 heavy (non-hydrogen) atoms. The molecular formula is C16H20N8O3. The minimum Gasteiger partial charge on any atom is -0.304 e. The molecule has 2 aromatic rings. The number of hydrogen-bond acceptors (Lipinski definition) is 9. The number of nitrogens with zero attached hydrogens (tertiary/aromatic N) is 5. The van der Waals surface area contributed by atoms with Crippen LogP contribution < -0.4 is 16.3 Å². The topological polar surface area (TPSA) is 129 Å². The van der Waals surface area contributed by atoms with Gasteiger partial charge in [0.1, 0.15) is 6.33 Å². The van der Waals surface area contributed by atoms with Gasteiger partial charge in [-0.15, -0.1) is 0 Å². The van der Waals surface area contributed by atoms with Crippen LogP contribution in [0.15, 0.2) is 36.7 Å². The van der Waals surface area contributed by atoms with E-state index >= 15 is 0 Å². The van der Waals surface area contributed by atoms with Crippen molar-refractivity contribution in [1.82, 2.24) is 25.3 Å². The number of amides is 1. The highest BCUT2D eigenvalue weighted by atomic mass is 16.6. The van der Waals surface area contributed by atoms with Crippen LogP contribution in [0.2, 0.25) is 0 Å². The lowest BCUT2D eigenvalue weighted by atomic mass is 10.2. The fraction of sp³-hybridized carbons (Fsp3) is 0.312. The van der Waals surface area contributed by atoms with Crippen LogP contribution >= 0.6 is 0 Å². The number of aromatic nitrogens is 2. The number of benzene rings is 1. The van der Waals surface area contributed by atoms with E-state index < -0.39 is 10.8 Å². The van der Waals surface area contributed by atoms with E-state index in [1.54, 1.807) is 30.3 Å². The van der Waals surface area contributed by atoms with E-state index in [9.17, 15) is 14.9 Å². The molecule has 0 bridgehead atoms. The lowest BCUT2D eigenvalue weighted by Crippen LogP contribution is -2.47. The standard InChI is InChI=1S/C16H20N8O3/c1-22-7-9-23(10-8-22)21-15-13(24(26)27)14(17-11-18-15)19-20-16(25)12-5-3-2-4-6-12/h2-6,11H,7-10H2,1H3,(H,20,25)(H2,17,18,19,21). The van der Waals surface area contributed by atoms with E-state index in [-0.39, 0.29) is 17.3 Å². The summed E-state index contributed by atoms with van der Waals surface area (Å²) in [6, 6.07) is 8.49. The molecule has 0 unspecified atom stereocenters. The smallest absolute Gasteiger partial charge is 0.304 e. The first-order valence-corrected chi connectivity index (χ1v) is 8.35. The fourth-order valence-corrected chi connectivity index (χ4v) is 2.57. The number of rotatable bonds is 6. The molecular weight excluding hydrogens is 352 g/mol. The van der Waals surface area contributed by atoms with Gasteiger partial charge in [-0.3, -0.25) is 31.2 Å². The van der Waals surface area contributed by atoms with Gasteiger partial charge in [0, 0.05) is 31.7 Å². The van der Waals surface area contributed by atoms with Crippen molar-refractivity contribution in [3.05, 3.63) is 52.3 Å². The van der Waals surface area contributed by atoms with Crippen LogP contribution in [0, 0.1) is 10.1 Å². The minimum atomic E-state index is -0.588. The molecule has 1 aliphatic heterocycles. The Morgan fingerprint density at radius 3 is 2.44 bits per heavy atom. The van der Waals surface area contributed by atoms with Crippen LogP contribution in [0.3, 0.4) is 0 Å². The van der Waals surface area contributed by atoms with E-state index in [1.165, 1.54) is 6.33 Å². The van der Waals surface area contributed by atoms with Crippen molar-refractivity contribution >= 4 is 23.2 Å².